The van der Waals surface area contributed by atoms with Crippen LogP contribution in [0.3, 0.4) is 0 Å². The fourth-order valence-electron chi connectivity index (χ4n) is 3.39. The van der Waals surface area contributed by atoms with Crippen molar-refractivity contribution in [1.29, 1.82) is 0 Å². The molecule has 0 fully saturated rings. The average Bonchev–Trinajstić information content (AvgIpc) is 3.34. The molecular weight excluding hydrogens is 454 g/mol. The monoisotopic (exact) mass is 485 g/mol. The number of aliphatic hydroxyl groups excluding tert-OH is 2. The van der Waals surface area contributed by atoms with Gasteiger partial charge in [0.15, 0.2) is 5.78 Å². The largest absolute Gasteiger partial charge is 0.507 e. The second-order valence-corrected chi connectivity index (χ2v) is 8.35. The summed E-state index contributed by atoms with van der Waals surface area (Å²) in [6, 6.07) is 2.92. The molecule has 1 aromatic heterocycles. The number of aromatic hydroxyl groups is 1. The lowest BCUT2D eigenvalue weighted by atomic mass is 9.99. The highest BCUT2D eigenvalue weighted by molar-refractivity contribution is 5.97. The van der Waals surface area contributed by atoms with Gasteiger partial charge in [0.1, 0.15) is 41.7 Å². The van der Waals surface area contributed by atoms with Gasteiger partial charge < -0.3 is 35.1 Å². The van der Waals surface area contributed by atoms with E-state index >= 15 is 0 Å². The van der Waals surface area contributed by atoms with E-state index in [0.29, 0.717) is 31.0 Å². The zero-order valence-electron chi connectivity index (χ0n) is 19.7. The van der Waals surface area contributed by atoms with E-state index < -0.39 is 30.1 Å². The van der Waals surface area contributed by atoms with Crippen LogP contribution in [0.4, 0.5) is 0 Å². The van der Waals surface area contributed by atoms with Gasteiger partial charge in [0.2, 0.25) is 0 Å². The molecule has 0 bridgehead atoms. The summed E-state index contributed by atoms with van der Waals surface area (Å²) in [6.45, 7) is 4.75. The summed E-state index contributed by atoms with van der Waals surface area (Å²) in [7, 11) is 0. The van der Waals surface area contributed by atoms with E-state index in [2.05, 4.69) is 15.3 Å². The topological polar surface area (TPSA) is 154 Å². The maximum absolute atomic E-state index is 12.9. The van der Waals surface area contributed by atoms with Gasteiger partial charge in [0, 0.05) is 30.9 Å². The van der Waals surface area contributed by atoms with Crippen LogP contribution in [-0.2, 0) is 16.1 Å². The first-order valence-corrected chi connectivity index (χ1v) is 11.4. The summed E-state index contributed by atoms with van der Waals surface area (Å²) in [6.07, 6.45) is 5.51. The molecule has 2 heterocycles. The maximum Gasteiger partial charge on any atom is 0.342 e. The number of fused-ring (bicyclic) bond motifs is 1. The Morgan fingerprint density at radius 1 is 1.23 bits per heavy atom. The van der Waals surface area contributed by atoms with Crippen LogP contribution in [0, 0.1) is 5.92 Å². The molecule has 1 aliphatic heterocycles. The number of imidazole rings is 1. The number of aromatic nitrogens is 2. The maximum atomic E-state index is 12.9. The number of carbonyl (C=O) groups excluding carboxylic acids is 2. The number of cyclic esters (lactones) is 1. The molecule has 0 aliphatic carbocycles. The molecule has 188 valence electrons. The number of nitrogens with one attached hydrogen (secondary N) is 2. The molecule has 0 amide bonds. The highest BCUT2D eigenvalue weighted by atomic mass is 16.5. The van der Waals surface area contributed by atoms with Gasteiger partial charge in [-0.05, 0) is 31.1 Å². The Morgan fingerprint density at radius 3 is 2.77 bits per heavy atom. The van der Waals surface area contributed by atoms with Crippen LogP contribution >= 0.6 is 0 Å². The van der Waals surface area contributed by atoms with Gasteiger partial charge in [-0.3, -0.25) is 4.79 Å². The Hall–Kier alpha value is -3.47. The normalized spacial score (nSPS) is 25.3. The van der Waals surface area contributed by atoms with Crippen LogP contribution in [0.15, 0.2) is 42.8 Å². The van der Waals surface area contributed by atoms with Crippen molar-refractivity contribution in [3.05, 3.63) is 59.7 Å². The fourth-order valence-corrected chi connectivity index (χ4v) is 3.39. The van der Waals surface area contributed by atoms with Crippen molar-refractivity contribution in [2.75, 3.05) is 13.2 Å². The molecule has 0 spiro atoms. The molecule has 5 N–H and O–H groups in total. The number of hydrogen-bond acceptors (Lipinski definition) is 9. The van der Waals surface area contributed by atoms with Crippen molar-refractivity contribution in [3.63, 3.8) is 0 Å². The van der Waals surface area contributed by atoms with Gasteiger partial charge in [-0.2, -0.15) is 0 Å². The first kappa shape index (κ1) is 26.1. The van der Waals surface area contributed by atoms with Gasteiger partial charge in [-0.1, -0.05) is 25.2 Å². The average molecular weight is 486 g/mol. The van der Waals surface area contributed by atoms with Crippen LogP contribution < -0.4 is 10.1 Å². The second kappa shape index (κ2) is 12.3. The number of aromatic amines is 1. The van der Waals surface area contributed by atoms with Crippen molar-refractivity contribution >= 4 is 17.8 Å². The number of rotatable bonds is 6. The fraction of sp³-hybridized carbons (Fsp3) is 0.400. The minimum Gasteiger partial charge on any atom is -0.507 e. The molecule has 10 heteroatoms. The SMILES string of the molecule is C[C@@H]1/C=C\C(=O)C(O)C(O)C/C=C/c2cc(OCCNCc3ncc[nH]3)cc(O)c2C(=O)O[C@H]1C. The molecule has 1 aromatic carbocycles. The number of phenolic OH excluding ortho intramolecular Hbond substituents is 1. The number of esters is 1. The summed E-state index contributed by atoms with van der Waals surface area (Å²) < 4.78 is 11.2. The van der Waals surface area contributed by atoms with Crippen molar-refractivity contribution in [2.45, 2.75) is 45.1 Å². The molecule has 2 aromatic rings. The lowest BCUT2D eigenvalue weighted by Gasteiger charge is -2.20. The molecule has 35 heavy (non-hydrogen) atoms. The van der Waals surface area contributed by atoms with E-state index in [0.717, 1.165) is 5.82 Å². The lowest BCUT2D eigenvalue weighted by Crippen LogP contribution is -2.32. The zero-order valence-corrected chi connectivity index (χ0v) is 19.7. The van der Waals surface area contributed by atoms with Crippen LogP contribution in [0.25, 0.3) is 6.08 Å². The van der Waals surface area contributed by atoms with E-state index in [1.165, 1.54) is 30.4 Å². The number of ether oxygens (including phenoxy) is 2. The summed E-state index contributed by atoms with van der Waals surface area (Å²) in [4.78, 5) is 32.1. The highest BCUT2D eigenvalue weighted by Crippen LogP contribution is 2.31. The number of ketones is 1. The van der Waals surface area contributed by atoms with Crippen LogP contribution in [0.5, 0.6) is 11.5 Å². The van der Waals surface area contributed by atoms with E-state index in [4.69, 9.17) is 9.47 Å². The molecule has 2 unspecified atom stereocenters. The number of hydrogen-bond donors (Lipinski definition) is 5. The third kappa shape index (κ3) is 7.25. The van der Waals surface area contributed by atoms with Crippen molar-refractivity contribution in [3.8, 4) is 11.5 Å². The zero-order chi connectivity index (χ0) is 25.4. The standard InChI is InChI=1S/C25H31N3O7/c1-15-6-7-20(30)24(32)19(29)5-3-4-17-12-18(13-21(31)23(17)25(33)35-16(15)2)34-11-10-26-14-22-27-8-9-28-22/h3-4,6-9,12-13,15-16,19,24,26,29,31-32H,5,10-11,14H2,1-2H3,(H,27,28)/b4-3+,7-6-/t15-,16+,19?,24?/m1/s1. The number of nitrogens with zero attached hydrogens (tertiary/aromatic N) is 1. The Morgan fingerprint density at radius 2 is 2.03 bits per heavy atom. The second-order valence-electron chi connectivity index (χ2n) is 8.35. The smallest absolute Gasteiger partial charge is 0.342 e. The molecule has 0 radical (unpaired) electrons. The van der Waals surface area contributed by atoms with Gasteiger partial charge in [0.05, 0.1) is 12.6 Å². The first-order valence-electron chi connectivity index (χ1n) is 11.4. The summed E-state index contributed by atoms with van der Waals surface area (Å²) in [5.74, 6) is -0.903. The van der Waals surface area contributed by atoms with E-state index in [9.17, 15) is 24.9 Å². The number of benzene rings is 1. The molecule has 10 nitrogen and oxygen atoms in total. The Labute approximate surface area is 203 Å². The van der Waals surface area contributed by atoms with Crippen molar-refractivity contribution in [1.82, 2.24) is 15.3 Å². The predicted octanol–water partition coefficient (Wildman–Crippen LogP) is 1.73. The van der Waals surface area contributed by atoms with E-state index in [-0.39, 0.29) is 23.7 Å². The molecule has 0 saturated carbocycles. The van der Waals surface area contributed by atoms with Gasteiger partial charge >= 0.3 is 5.97 Å². The molecule has 4 atom stereocenters. The Kier molecular flexibility index (Phi) is 9.18. The molecule has 3 rings (SSSR count). The lowest BCUT2D eigenvalue weighted by molar-refractivity contribution is -0.127. The summed E-state index contributed by atoms with van der Waals surface area (Å²) in [5.41, 5.74) is 0.268. The number of phenols is 1. The van der Waals surface area contributed by atoms with Crippen molar-refractivity contribution < 1.29 is 34.4 Å². The third-order valence-electron chi connectivity index (χ3n) is 5.65. The summed E-state index contributed by atoms with van der Waals surface area (Å²) >= 11 is 0. The van der Waals surface area contributed by atoms with Crippen LogP contribution in [0.2, 0.25) is 0 Å². The Balaban J connectivity index is 1.78. The van der Waals surface area contributed by atoms with Gasteiger partial charge in [0.25, 0.3) is 0 Å². The first-order chi connectivity index (χ1) is 16.8. The summed E-state index contributed by atoms with van der Waals surface area (Å²) in [5, 5.41) is 34.1. The van der Waals surface area contributed by atoms with E-state index in [1.54, 1.807) is 32.3 Å². The number of carbonyl (C=O) groups is 2. The number of aliphatic hydroxyl groups is 2. The molecular formula is C25H31N3O7. The third-order valence-corrected chi connectivity index (χ3v) is 5.65. The van der Waals surface area contributed by atoms with Crippen molar-refractivity contribution in [2.24, 2.45) is 5.92 Å². The predicted molar refractivity (Wildman–Crippen MR) is 128 cm³/mol. The number of H-pyrrole nitrogens is 1. The molecule has 0 saturated heterocycles. The minimum atomic E-state index is -1.58. The van der Waals surface area contributed by atoms with E-state index in [1.807, 2.05) is 0 Å². The van der Waals surface area contributed by atoms with Crippen LogP contribution in [-0.4, -0.2) is 68.5 Å². The molecule has 1 aliphatic rings. The Bertz CT molecular complexity index is 1070. The highest BCUT2D eigenvalue weighted by Gasteiger charge is 2.25. The van der Waals surface area contributed by atoms with Gasteiger partial charge in [-0.25, -0.2) is 9.78 Å². The quantitative estimate of drug-likeness (QED) is 0.304. The van der Waals surface area contributed by atoms with Gasteiger partial charge in [-0.15, -0.1) is 0 Å². The van der Waals surface area contributed by atoms with Crippen LogP contribution in [0.1, 0.15) is 42.0 Å². The minimum absolute atomic E-state index is 0.0456.